The zero-order chi connectivity index (χ0) is 21.0. The minimum absolute atomic E-state index is 0.0268. The molecule has 0 bridgehead atoms. The van der Waals surface area contributed by atoms with Crippen molar-refractivity contribution in [3.8, 4) is 11.5 Å². The Hall–Kier alpha value is -3.62. The number of carbonyl (C=O) groups is 2. The summed E-state index contributed by atoms with van der Waals surface area (Å²) in [6, 6.07) is 10.7. The third-order valence-electron chi connectivity index (χ3n) is 4.68. The van der Waals surface area contributed by atoms with Crippen molar-refractivity contribution in [3.63, 3.8) is 0 Å². The van der Waals surface area contributed by atoms with Crippen LogP contribution in [0.1, 0.15) is 12.0 Å². The van der Waals surface area contributed by atoms with E-state index in [9.17, 15) is 19.7 Å². The van der Waals surface area contributed by atoms with Gasteiger partial charge in [0.25, 0.3) is 5.69 Å². The SMILES string of the molecule is COc1ccc(N2C[C@H](NC(=O)Cc3ccc([N+](=O)[O-])cc3)CC2=O)cc1OC. The molecule has 152 valence electrons. The summed E-state index contributed by atoms with van der Waals surface area (Å²) in [5.41, 5.74) is 1.30. The van der Waals surface area contributed by atoms with Gasteiger partial charge >= 0.3 is 0 Å². The molecule has 1 aliphatic heterocycles. The summed E-state index contributed by atoms with van der Waals surface area (Å²) in [5, 5.41) is 13.5. The fourth-order valence-corrected chi connectivity index (χ4v) is 3.25. The molecule has 9 heteroatoms. The van der Waals surface area contributed by atoms with Crippen LogP contribution in [0, 0.1) is 10.1 Å². The number of hydrogen-bond acceptors (Lipinski definition) is 6. The standard InChI is InChI=1S/C20H21N3O6/c1-28-17-8-7-16(11-18(17)29-2)22-12-14(10-20(22)25)21-19(24)9-13-3-5-15(6-4-13)23(26)27/h3-8,11,14H,9-10,12H2,1-2H3,(H,21,24)/t14-/m1/s1. The summed E-state index contributed by atoms with van der Waals surface area (Å²) in [6.07, 6.45) is 0.277. The molecule has 0 unspecified atom stereocenters. The number of nitro groups is 1. The average molecular weight is 399 g/mol. The van der Waals surface area contributed by atoms with Gasteiger partial charge in [0.15, 0.2) is 11.5 Å². The van der Waals surface area contributed by atoms with E-state index in [0.29, 0.717) is 29.3 Å². The molecule has 0 aromatic heterocycles. The second-order valence-electron chi connectivity index (χ2n) is 6.61. The lowest BCUT2D eigenvalue weighted by Gasteiger charge is -2.19. The van der Waals surface area contributed by atoms with Crippen molar-refractivity contribution < 1.29 is 24.0 Å². The lowest BCUT2D eigenvalue weighted by atomic mass is 10.1. The van der Waals surface area contributed by atoms with E-state index in [2.05, 4.69) is 5.32 Å². The number of amides is 2. The number of non-ortho nitro benzene ring substituents is 1. The van der Waals surface area contributed by atoms with Crippen LogP contribution in [0.5, 0.6) is 11.5 Å². The Bertz CT molecular complexity index is 928. The monoisotopic (exact) mass is 399 g/mol. The molecular formula is C20H21N3O6. The number of anilines is 1. The first-order valence-corrected chi connectivity index (χ1v) is 8.96. The van der Waals surface area contributed by atoms with Crippen LogP contribution in [-0.2, 0) is 16.0 Å². The molecule has 1 heterocycles. The maximum atomic E-state index is 12.4. The highest BCUT2D eigenvalue weighted by molar-refractivity contribution is 5.97. The van der Waals surface area contributed by atoms with E-state index in [1.807, 2.05) is 0 Å². The van der Waals surface area contributed by atoms with Crippen molar-refractivity contribution in [1.82, 2.24) is 5.32 Å². The van der Waals surface area contributed by atoms with Crippen molar-refractivity contribution >= 4 is 23.2 Å². The van der Waals surface area contributed by atoms with E-state index in [4.69, 9.17) is 9.47 Å². The Balaban J connectivity index is 1.61. The predicted octanol–water partition coefficient (Wildman–Crippen LogP) is 2.08. The molecule has 29 heavy (non-hydrogen) atoms. The molecule has 0 radical (unpaired) electrons. The van der Waals surface area contributed by atoms with Crippen molar-refractivity contribution in [3.05, 3.63) is 58.1 Å². The molecule has 2 aromatic rings. The molecule has 2 aromatic carbocycles. The van der Waals surface area contributed by atoms with E-state index in [1.54, 1.807) is 35.2 Å². The number of benzene rings is 2. The third kappa shape index (κ3) is 4.63. The largest absolute Gasteiger partial charge is 0.493 e. The van der Waals surface area contributed by atoms with E-state index in [-0.39, 0.29) is 36.4 Å². The normalized spacial score (nSPS) is 15.9. The molecule has 3 rings (SSSR count). The molecule has 0 aliphatic carbocycles. The highest BCUT2D eigenvalue weighted by atomic mass is 16.6. The number of nitrogens with one attached hydrogen (secondary N) is 1. The van der Waals surface area contributed by atoms with Gasteiger partial charge in [-0.1, -0.05) is 12.1 Å². The molecular weight excluding hydrogens is 378 g/mol. The summed E-state index contributed by atoms with van der Waals surface area (Å²) < 4.78 is 10.5. The molecule has 1 aliphatic rings. The van der Waals surface area contributed by atoms with Crippen molar-refractivity contribution in [2.45, 2.75) is 18.9 Å². The predicted molar refractivity (Wildman–Crippen MR) is 105 cm³/mol. The van der Waals surface area contributed by atoms with E-state index in [0.717, 1.165) is 0 Å². The van der Waals surface area contributed by atoms with Crippen LogP contribution in [0.25, 0.3) is 0 Å². The van der Waals surface area contributed by atoms with E-state index in [1.165, 1.54) is 26.4 Å². The highest BCUT2D eigenvalue weighted by Crippen LogP contribution is 2.33. The quantitative estimate of drug-likeness (QED) is 0.564. The first kappa shape index (κ1) is 20.1. The smallest absolute Gasteiger partial charge is 0.269 e. The molecule has 1 saturated heterocycles. The number of methoxy groups -OCH3 is 2. The van der Waals surface area contributed by atoms with Gasteiger partial charge in [0.05, 0.1) is 31.6 Å². The Morgan fingerprint density at radius 3 is 2.48 bits per heavy atom. The molecule has 2 amide bonds. The van der Waals surface area contributed by atoms with Gasteiger partial charge in [-0.05, 0) is 17.7 Å². The van der Waals surface area contributed by atoms with Crippen LogP contribution < -0.4 is 19.7 Å². The first-order chi connectivity index (χ1) is 13.9. The lowest BCUT2D eigenvalue weighted by molar-refractivity contribution is -0.384. The van der Waals surface area contributed by atoms with Gasteiger partial charge in [-0.3, -0.25) is 19.7 Å². The third-order valence-corrected chi connectivity index (χ3v) is 4.68. The van der Waals surface area contributed by atoms with Crippen LogP contribution >= 0.6 is 0 Å². The fraction of sp³-hybridized carbons (Fsp3) is 0.300. The van der Waals surface area contributed by atoms with Gasteiger partial charge in [0.2, 0.25) is 11.8 Å². The van der Waals surface area contributed by atoms with Crippen molar-refractivity contribution in [1.29, 1.82) is 0 Å². The van der Waals surface area contributed by atoms with Gasteiger partial charge in [-0.15, -0.1) is 0 Å². The summed E-state index contributed by atoms with van der Waals surface area (Å²) in [6.45, 7) is 0.348. The highest BCUT2D eigenvalue weighted by Gasteiger charge is 2.32. The van der Waals surface area contributed by atoms with Crippen LogP contribution in [0.4, 0.5) is 11.4 Å². The Morgan fingerprint density at radius 1 is 1.17 bits per heavy atom. The zero-order valence-electron chi connectivity index (χ0n) is 16.1. The second kappa shape index (κ2) is 8.59. The number of rotatable bonds is 7. The van der Waals surface area contributed by atoms with Crippen LogP contribution in [0.3, 0.4) is 0 Å². The van der Waals surface area contributed by atoms with E-state index < -0.39 is 4.92 Å². The van der Waals surface area contributed by atoms with Gasteiger partial charge in [-0.2, -0.15) is 0 Å². The number of nitrogens with zero attached hydrogens (tertiary/aromatic N) is 2. The van der Waals surface area contributed by atoms with Gasteiger partial charge in [-0.25, -0.2) is 0 Å². The Kier molecular flexibility index (Phi) is 5.96. The molecule has 1 N–H and O–H groups in total. The topological polar surface area (TPSA) is 111 Å². The summed E-state index contributed by atoms with van der Waals surface area (Å²) in [5.74, 6) is 0.739. The lowest BCUT2D eigenvalue weighted by Crippen LogP contribution is -2.38. The minimum atomic E-state index is -0.489. The number of nitro benzene ring substituents is 1. The summed E-state index contributed by atoms with van der Waals surface area (Å²) >= 11 is 0. The molecule has 1 atom stereocenters. The molecule has 0 saturated carbocycles. The Labute approximate surface area is 167 Å². The van der Waals surface area contributed by atoms with Crippen molar-refractivity contribution in [2.75, 3.05) is 25.7 Å². The van der Waals surface area contributed by atoms with Gasteiger partial charge in [0, 0.05) is 36.9 Å². The summed E-state index contributed by atoms with van der Waals surface area (Å²) in [7, 11) is 3.06. The first-order valence-electron chi connectivity index (χ1n) is 8.96. The maximum Gasteiger partial charge on any atom is 0.269 e. The van der Waals surface area contributed by atoms with Crippen LogP contribution in [0.15, 0.2) is 42.5 Å². The molecule has 1 fully saturated rings. The molecule has 9 nitrogen and oxygen atoms in total. The average Bonchev–Trinajstić information content (AvgIpc) is 3.07. The summed E-state index contributed by atoms with van der Waals surface area (Å²) in [4.78, 5) is 36.5. The van der Waals surface area contributed by atoms with E-state index >= 15 is 0 Å². The maximum absolute atomic E-state index is 12.4. The second-order valence-corrected chi connectivity index (χ2v) is 6.61. The van der Waals surface area contributed by atoms with Gasteiger partial charge in [0.1, 0.15) is 0 Å². The fourth-order valence-electron chi connectivity index (χ4n) is 3.25. The van der Waals surface area contributed by atoms with Gasteiger partial charge < -0.3 is 19.7 Å². The number of hydrogen-bond donors (Lipinski definition) is 1. The minimum Gasteiger partial charge on any atom is -0.493 e. The molecule has 0 spiro atoms. The number of carbonyl (C=O) groups excluding carboxylic acids is 2. The Morgan fingerprint density at radius 2 is 1.86 bits per heavy atom. The van der Waals surface area contributed by atoms with Crippen LogP contribution in [-0.4, -0.2) is 43.5 Å². The van der Waals surface area contributed by atoms with Crippen LogP contribution in [0.2, 0.25) is 0 Å². The van der Waals surface area contributed by atoms with Crippen molar-refractivity contribution in [2.24, 2.45) is 0 Å². The number of ether oxygens (including phenoxy) is 2. The zero-order valence-corrected chi connectivity index (χ0v) is 16.1.